The molecule has 1 N–H and O–H groups in total. The van der Waals surface area contributed by atoms with Gasteiger partial charge >= 0.3 is 0 Å². The number of hydrogen-bond acceptors (Lipinski definition) is 3. The predicted molar refractivity (Wildman–Crippen MR) is 97.1 cm³/mol. The summed E-state index contributed by atoms with van der Waals surface area (Å²) in [6.45, 7) is 0.680. The van der Waals surface area contributed by atoms with E-state index >= 15 is 0 Å². The zero-order valence-corrected chi connectivity index (χ0v) is 14.8. The molecule has 0 aromatic heterocycles. The maximum absolute atomic E-state index is 12.5. The lowest BCUT2D eigenvalue weighted by Gasteiger charge is -2.21. The first-order valence-corrected chi connectivity index (χ1v) is 10.2. The molecule has 24 heavy (non-hydrogen) atoms. The number of carbonyl (C=O) groups is 1. The second-order valence-corrected chi connectivity index (χ2v) is 8.27. The fraction of sp³-hybridized carbons (Fsp3) is 0.526. The van der Waals surface area contributed by atoms with Gasteiger partial charge in [0.1, 0.15) is 0 Å². The zero-order chi connectivity index (χ0) is 16.8. The van der Waals surface area contributed by atoms with Crippen molar-refractivity contribution in [1.82, 2.24) is 0 Å². The van der Waals surface area contributed by atoms with Crippen LogP contribution in [0, 0.1) is 0 Å². The number of benzene rings is 1. The molecule has 1 aromatic rings. The molecular formula is C19H25NO3S. The molecule has 2 aliphatic rings. The van der Waals surface area contributed by atoms with Gasteiger partial charge in [0.15, 0.2) is 0 Å². The van der Waals surface area contributed by atoms with Gasteiger partial charge in [-0.1, -0.05) is 31.4 Å². The third kappa shape index (κ3) is 4.69. The highest BCUT2D eigenvalue weighted by Gasteiger charge is 2.20. The second kappa shape index (κ2) is 8.47. The van der Waals surface area contributed by atoms with Gasteiger partial charge in [-0.05, 0) is 43.4 Å². The van der Waals surface area contributed by atoms with Gasteiger partial charge in [0.05, 0.1) is 18.4 Å². The van der Waals surface area contributed by atoms with Crippen LogP contribution in [0.3, 0.4) is 0 Å². The Kier molecular flexibility index (Phi) is 6.07. The number of amides is 1. The summed E-state index contributed by atoms with van der Waals surface area (Å²) < 4.78 is 17.8. The van der Waals surface area contributed by atoms with Crippen LogP contribution in [0.5, 0.6) is 0 Å². The van der Waals surface area contributed by atoms with E-state index in [9.17, 15) is 9.00 Å². The maximum Gasteiger partial charge on any atom is 0.254 e. The lowest BCUT2D eigenvalue weighted by atomic mass is 10.0. The van der Waals surface area contributed by atoms with Gasteiger partial charge in [-0.15, -0.1) is 0 Å². The van der Waals surface area contributed by atoms with Crippen LogP contribution in [0.25, 0.3) is 0 Å². The standard InChI is InChI=1S/C19H25NO3S/c21-19(16-7-5-11-23-13-16)20-17-8-4-6-15(12-17)14-24(22)18-9-2-1-3-10-18/h4,6,8,12-13,18H,1-3,5,7,9-11,14H2,(H,20,21)/t24-/m1/s1. The molecule has 1 atom stereocenters. The van der Waals surface area contributed by atoms with Crippen molar-refractivity contribution in [3.05, 3.63) is 41.7 Å². The number of hydrogen-bond donors (Lipinski definition) is 1. The largest absolute Gasteiger partial charge is 0.501 e. The summed E-state index contributed by atoms with van der Waals surface area (Å²) in [6.07, 6.45) is 9.01. The van der Waals surface area contributed by atoms with Crippen LogP contribution in [-0.4, -0.2) is 22.0 Å². The molecule has 5 heteroatoms. The van der Waals surface area contributed by atoms with Crippen molar-refractivity contribution in [3.63, 3.8) is 0 Å². The summed E-state index contributed by atoms with van der Waals surface area (Å²) >= 11 is 0. The number of nitrogens with one attached hydrogen (secondary N) is 1. The first-order valence-electron chi connectivity index (χ1n) is 8.80. The molecule has 0 saturated heterocycles. The van der Waals surface area contributed by atoms with Gasteiger partial charge in [-0.3, -0.25) is 9.00 Å². The third-order valence-corrected chi connectivity index (χ3v) is 6.48. The van der Waals surface area contributed by atoms with E-state index < -0.39 is 10.8 Å². The van der Waals surface area contributed by atoms with E-state index in [0.717, 1.165) is 36.9 Å². The molecule has 1 aliphatic carbocycles. The lowest BCUT2D eigenvalue weighted by molar-refractivity contribution is -0.113. The highest BCUT2D eigenvalue weighted by atomic mass is 32.2. The van der Waals surface area contributed by atoms with Gasteiger partial charge in [0.25, 0.3) is 5.91 Å². The Morgan fingerprint density at radius 2 is 2.04 bits per heavy atom. The van der Waals surface area contributed by atoms with Crippen LogP contribution in [0.4, 0.5) is 5.69 Å². The maximum atomic E-state index is 12.5. The Balaban J connectivity index is 1.60. The van der Waals surface area contributed by atoms with Crippen molar-refractivity contribution < 1.29 is 13.7 Å². The summed E-state index contributed by atoms with van der Waals surface area (Å²) in [5, 5.41) is 3.25. The van der Waals surface area contributed by atoms with Crippen LogP contribution >= 0.6 is 0 Å². The van der Waals surface area contributed by atoms with E-state index in [2.05, 4.69) is 5.32 Å². The van der Waals surface area contributed by atoms with Crippen molar-refractivity contribution in [1.29, 1.82) is 0 Å². The molecule has 3 rings (SSSR count). The minimum atomic E-state index is -0.827. The van der Waals surface area contributed by atoms with E-state index in [1.165, 1.54) is 19.3 Å². The third-order valence-electron chi connectivity index (χ3n) is 4.64. The fourth-order valence-corrected chi connectivity index (χ4v) is 4.89. The Morgan fingerprint density at radius 1 is 1.21 bits per heavy atom. The van der Waals surface area contributed by atoms with Crippen LogP contribution in [0.2, 0.25) is 0 Å². The van der Waals surface area contributed by atoms with Crippen LogP contribution in [0.1, 0.15) is 50.5 Å². The molecule has 130 valence electrons. The van der Waals surface area contributed by atoms with Gasteiger partial charge in [-0.25, -0.2) is 0 Å². The summed E-state index contributed by atoms with van der Waals surface area (Å²) in [6, 6.07) is 7.70. The van der Waals surface area contributed by atoms with Crippen molar-refractivity contribution in [2.45, 2.75) is 55.9 Å². The summed E-state index contributed by atoms with van der Waals surface area (Å²) in [5.74, 6) is 0.459. The molecule has 1 heterocycles. The quantitative estimate of drug-likeness (QED) is 0.879. The van der Waals surface area contributed by atoms with Crippen molar-refractivity contribution >= 4 is 22.4 Å². The molecule has 0 bridgehead atoms. The Hall–Kier alpha value is -1.62. The van der Waals surface area contributed by atoms with E-state index in [0.29, 0.717) is 23.2 Å². The van der Waals surface area contributed by atoms with Gasteiger partial charge in [-0.2, -0.15) is 0 Å². The molecule has 1 aliphatic heterocycles. The molecule has 4 nitrogen and oxygen atoms in total. The molecule has 1 aromatic carbocycles. The monoisotopic (exact) mass is 347 g/mol. The Labute approximate surface area is 146 Å². The summed E-state index contributed by atoms with van der Waals surface area (Å²) in [7, 11) is -0.827. The highest BCUT2D eigenvalue weighted by molar-refractivity contribution is 7.84. The molecule has 0 unspecified atom stereocenters. The second-order valence-electron chi connectivity index (χ2n) is 6.56. The van der Waals surface area contributed by atoms with Crippen LogP contribution in [-0.2, 0) is 26.1 Å². The predicted octanol–water partition coefficient (Wildman–Crippen LogP) is 3.90. The minimum absolute atomic E-state index is 0.111. The van der Waals surface area contributed by atoms with Gasteiger partial charge in [0, 0.05) is 27.5 Å². The van der Waals surface area contributed by atoms with E-state index in [1.807, 2.05) is 24.3 Å². The van der Waals surface area contributed by atoms with E-state index in [1.54, 1.807) is 6.26 Å². The molecule has 0 spiro atoms. The zero-order valence-electron chi connectivity index (χ0n) is 14.0. The van der Waals surface area contributed by atoms with Crippen molar-refractivity contribution in [2.75, 3.05) is 11.9 Å². The topological polar surface area (TPSA) is 55.4 Å². The van der Waals surface area contributed by atoms with E-state index in [4.69, 9.17) is 4.74 Å². The minimum Gasteiger partial charge on any atom is -0.501 e. The Bertz CT molecular complexity index is 635. The molecule has 1 amide bonds. The molecular weight excluding hydrogens is 322 g/mol. The average molecular weight is 347 g/mol. The lowest BCUT2D eigenvalue weighted by Crippen LogP contribution is -2.20. The summed E-state index contributed by atoms with van der Waals surface area (Å²) in [4.78, 5) is 12.2. The van der Waals surface area contributed by atoms with Crippen molar-refractivity contribution in [2.24, 2.45) is 0 Å². The number of carbonyl (C=O) groups excluding carboxylic acids is 1. The summed E-state index contributed by atoms with van der Waals surface area (Å²) in [5.41, 5.74) is 2.45. The fourth-order valence-electron chi connectivity index (χ4n) is 3.29. The van der Waals surface area contributed by atoms with Gasteiger partial charge in [0.2, 0.25) is 0 Å². The number of anilines is 1. The first-order chi connectivity index (χ1) is 11.7. The van der Waals surface area contributed by atoms with Crippen LogP contribution in [0.15, 0.2) is 36.1 Å². The first kappa shape index (κ1) is 17.2. The highest BCUT2D eigenvalue weighted by Crippen LogP contribution is 2.24. The average Bonchev–Trinajstić information content (AvgIpc) is 2.63. The number of rotatable bonds is 5. The van der Waals surface area contributed by atoms with E-state index in [-0.39, 0.29) is 5.91 Å². The van der Waals surface area contributed by atoms with Crippen molar-refractivity contribution in [3.8, 4) is 0 Å². The van der Waals surface area contributed by atoms with Crippen LogP contribution < -0.4 is 5.32 Å². The molecule has 1 fully saturated rings. The Morgan fingerprint density at radius 3 is 2.79 bits per heavy atom. The normalized spacial score (nSPS) is 19.9. The SMILES string of the molecule is O=C(Nc1cccc(C[S@@](=O)C2CCCCC2)c1)C1=COCCC1. The van der Waals surface area contributed by atoms with Gasteiger partial charge < -0.3 is 10.1 Å². The molecule has 0 radical (unpaired) electrons. The smallest absolute Gasteiger partial charge is 0.254 e. The number of ether oxygens (including phenoxy) is 1. The molecule has 1 saturated carbocycles.